The van der Waals surface area contributed by atoms with Crippen molar-refractivity contribution in [3.05, 3.63) is 76.4 Å². The topological polar surface area (TPSA) is 45.5 Å². The summed E-state index contributed by atoms with van der Waals surface area (Å²) >= 11 is 3.40. The summed E-state index contributed by atoms with van der Waals surface area (Å²) in [6.07, 6.45) is 10.2. The first kappa shape index (κ1) is 22.0. The average Bonchev–Trinajstić information content (AvgIpc) is 2.93. The standard InChI is InChI=1S/C26H29BrN2O2/c27-22-12-9-20(10-13-22)26(31)14-11-21-17-29(25-8-4-3-7-24(21)25)19-23(30)18-28-15-5-1-2-6-16-28/h3-4,7-14,17,23,30H,1-2,5-6,15-16,18-19H2/b14-11+/t23-/m0/s1. The minimum Gasteiger partial charge on any atom is -0.390 e. The number of carbonyl (C=O) groups excluding carboxylic acids is 1. The van der Waals surface area contributed by atoms with Crippen LogP contribution in [0.2, 0.25) is 0 Å². The van der Waals surface area contributed by atoms with E-state index in [0.29, 0.717) is 18.7 Å². The Labute approximate surface area is 192 Å². The lowest BCUT2D eigenvalue weighted by Crippen LogP contribution is -2.35. The Morgan fingerprint density at radius 1 is 1.00 bits per heavy atom. The number of rotatable bonds is 7. The smallest absolute Gasteiger partial charge is 0.185 e. The maximum absolute atomic E-state index is 12.5. The molecule has 4 nitrogen and oxygen atoms in total. The van der Waals surface area contributed by atoms with Crippen LogP contribution in [-0.4, -0.2) is 46.1 Å². The van der Waals surface area contributed by atoms with Gasteiger partial charge in [-0.3, -0.25) is 4.79 Å². The molecule has 0 radical (unpaired) electrons. The number of benzene rings is 2. The van der Waals surface area contributed by atoms with Gasteiger partial charge in [-0.15, -0.1) is 0 Å². The van der Waals surface area contributed by atoms with Gasteiger partial charge in [0, 0.05) is 45.8 Å². The number of halogens is 1. The normalized spacial score (nSPS) is 16.6. The van der Waals surface area contributed by atoms with Gasteiger partial charge in [0.05, 0.1) is 6.10 Å². The van der Waals surface area contributed by atoms with E-state index in [2.05, 4.69) is 37.5 Å². The number of nitrogens with zero attached hydrogens (tertiary/aromatic N) is 2. The van der Waals surface area contributed by atoms with Crippen molar-refractivity contribution < 1.29 is 9.90 Å². The van der Waals surface area contributed by atoms with Crippen molar-refractivity contribution in [2.24, 2.45) is 0 Å². The van der Waals surface area contributed by atoms with Gasteiger partial charge in [-0.25, -0.2) is 0 Å². The van der Waals surface area contributed by atoms with E-state index in [1.54, 1.807) is 6.08 Å². The molecule has 2 aromatic carbocycles. The van der Waals surface area contributed by atoms with Gasteiger partial charge in [0.2, 0.25) is 0 Å². The first-order valence-electron chi connectivity index (χ1n) is 11.1. The number of aromatic nitrogens is 1. The van der Waals surface area contributed by atoms with Crippen molar-refractivity contribution in [2.45, 2.75) is 38.3 Å². The molecule has 162 valence electrons. The highest BCUT2D eigenvalue weighted by Crippen LogP contribution is 2.23. The SMILES string of the molecule is O=C(/C=C/c1cn(C[C@@H](O)CN2CCCCCC2)c2ccccc12)c1ccc(Br)cc1. The lowest BCUT2D eigenvalue weighted by molar-refractivity contribution is 0.101. The van der Waals surface area contributed by atoms with Crippen LogP contribution in [0.1, 0.15) is 41.6 Å². The van der Waals surface area contributed by atoms with Crippen LogP contribution in [0.3, 0.4) is 0 Å². The number of allylic oxidation sites excluding steroid dienone is 1. The summed E-state index contributed by atoms with van der Waals surface area (Å²) in [6, 6.07) is 15.5. The highest BCUT2D eigenvalue weighted by Gasteiger charge is 2.16. The van der Waals surface area contributed by atoms with E-state index < -0.39 is 6.10 Å². The number of para-hydroxylation sites is 1. The molecule has 0 aliphatic carbocycles. The molecule has 0 amide bonds. The zero-order valence-corrected chi connectivity index (χ0v) is 19.3. The minimum atomic E-state index is -0.421. The molecular formula is C26H29BrN2O2. The van der Waals surface area contributed by atoms with E-state index in [4.69, 9.17) is 0 Å². The average molecular weight is 481 g/mol. The number of β-amino-alcohol motifs (C(OH)–C–C–N with tert-alkyl or cyclic N) is 1. The maximum atomic E-state index is 12.5. The zero-order chi connectivity index (χ0) is 21.6. The number of hydrogen-bond donors (Lipinski definition) is 1. The van der Waals surface area contributed by atoms with Crippen LogP contribution in [0.4, 0.5) is 0 Å². The van der Waals surface area contributed by atoms with Gasteiger partial charge in [-0.1, -0.05) is 47.0 Å². The summed E-state index contributed by atoms with van der Waals surface area (Å²) in [6.45, 7) is 3.41. The third-order valence-corrected chi connectivity index (χ3v) is 6.47. The number of aliphatic hydroxyl groups excluding tert-OH is 1. The number of ketones is 1. The van der Waals surface area contributed by atoms with Crippen molar-refractivity contribution in [1.82, 2.24) is 9.47 Å². The van der Waals surface area contributed by atoms with Crippen molar-refractivity contribution in [1.29, 1.82) is 0 Å². The summed E-state index contributed by atoms with van der Waals surface area (Å²) in [5, 5.41) is 11.9. The van der Waals surface area contributed by atoms with E-state index in [1.807, 2.05) is 48.7 Å². The first-order valence-corrected chi connectivity index (χ1v) is 11.9. The first-order chi connectivity index (χ1) is 15.1. The Kier molecular flexibility index (Phi) is 7.38. The Bertz CT molecular complexity index is 1050. The Balaban J connectivity index is 1.50. The third-order valence-electron chi connectivity index (χ3n) is 5.94. The quantitative estimate of drug-likeness (QED) is 0.356. The van der Waals surface area contributed by atoms with Crippen molar-refractivity contribution in [3.63, 3.8) is 0 Å². The van der Waals surface area contributed by atoms with Gasteiger partial charge >= 0.3 is 0 Å². The van der Waals surface area contributed by atoms with E-state index in [1.165, 1.54) is 25.7 Å². The minimum absolute atomic E-state index is 0.0227. The summed E-state index contributed by atoms with van der Waals surface area (Å²) in [7, 11) is 0. The zero-order valence-electron chi connectivity index (χ0n) is 17.7. The van der Waals surface area contributed by atoms with Crippen molar-refractivity contribution in [2.75, 3.05) is 19.6 Å². The predicted molar refractivity (Wildman–Crippen MR) is 130 cm³/mol. The van der Waals surface area contributed by atoms with E-state index in [9.17, 15) is 9.90 Å². The van der Waals surface area contributed by atoms with Gasteiger partial charge in [-0.05, 0) is 68.4 Å². The van der Waals surface area contributed by atoms with Gasteiger partial charge in [0.15, 0.2) is 5.78 Å². The van der Waals surface area contributed by atoms with Crippen LogP contribution < -0.4 is 0 Å². The molecule has 1 fully saturated rings. The number of aliphatic hydroxyl groups is 1. The molecule has 0 unspecified atom stereocenters. The molecule has 0 saturated carbocycles. The maximum Gasteiger partial charge on any atom is 0.185 e. The second-order valence-electron chi connectivity index (χ2n) is 8.33. The molecule has 4 rings (SSSR count). The lowest BCUT2D eigenvalue weighted by Gasteiger charge is -2.23. The van der Waals surface area contributed by atoms with Crippen LogP contribution in [0.25, 0.3) is 17.0 Å². The van der Waals surface area contributed by atoms with E-state index in [-0.39, 0.29) is 5.78 Å². The summed E-state index contributed by atoms with van der Waals surface area (Å²) < 4.78 is 3.07. The van der Waals surface area contributed by atoms with Gasteiger partial charge in [0.1, 0.15) is 0 Å². The van der Waals surface area contributed by atoms with Crippen molar-refractivity contribution >= 4 is 38.7 Å². The second kappa shape index (κ2) is 10.4. The number of fused-ring (bicyclic) bond motifs is 1. The molecule has 31 heavy (non-hydrogen) atoms. The van der Waals surface area contributed by atoms with Crippen molar-refractivity contribution in [3.8, 4) is 0 Å². The highest BCUT2D eigenvalue weighted by atomic mass is 79.9. The monoisotopic (exact) mass is 480 g/mol. The van der Waals surface area contributed by atoms with E-state index >= 15 is 0 Å². The van der Waals surface area contributed by atoms with Crippen LogP contribution in [0, 0.1) is 0 Å². The third kappa shape index (κ3) is 5.73. The lowest BCUT2D eigenvalue weighted by atomic mass is 10.1. The molecule has 0 bridgehead atoms. The number of likely N-dealkylation sites (tertiary alicyclic amines) is 1. The Morgan fingerprint density at radius 2 is 1.71 bits per heavy atom. The largest absolute Gasteiger partial charge is 0.390 e. The summed E-state index contributed by atoms with van der Waals surface area (Å²) in [5.41, 5.74) is 2.73. The number of carbonyl (C=O) groups is 1. The molecule has 1 aliphatic heterocycles. The van der Waals surface area contributed by atoms with Crippen LogP contribution >= 0.6 is 15.9 Å². The van der Waals surface area contributed by atoms with E-state index in [0.717, 1.165) is 34.0 Å². The Morgan fingerprint density at radius 3 is 2.45 bits per heavy atom. The van der Waals surface area contributed by atoms with Gasteiger partial charge in [-0.2, -0.15) is 0 Å². The fourth-order valence-corrected chi connectivity index (χ4v) is 4.60. The van der Waals surface area contributed by atoms with Crippen LogP contribution in [0.5, 0.6) is 0 Å². The number of hydrogen-bond acceptors (Lipinski definition) is 3. The molecule has 1 aliphatic rings. The van der Waals surface area contributed by atoms with Crippen LogP contribution in [0.15, 0.2) is 65.3 Å². The fraction of sp³-hybridized carbons (Fsp3) is 0.346. The van der Waals surface area contributed by atoms with Gasteiger partial charge < -0.3 is 14.6 Å². The second-order valence-corrected chi connectivity index (χ2v) is 9.24. The molecule has 0 spiro atoms. The summed E-state index contributed by atoms with van der Waals surface area (Å²) in [4.78, 5) is 14.9. The molecular weight excluding hydrogens is 452 g/mol. The molecule has 1 atom stereocenters. The molecule has 1 saturated heterocycles. The Hall–Kier alpha value is -2.21. The molecule has 1 aromatic heterocycles. The molecule has 2 heterocycles. The highest BCUT2D eigenvalue weighted by molar-refractivity contribution is 9.10. The molecule has 5 heteroatoms. The predicted octanol–water partition coefficient (Wildman–Crippen LogP) is 5.54. The van der Waals surface area contributed by atoms with Gasteiger partial charge in [0.25, 0.3) is 0 Å². The fourth-order valence-electron chi connectivity index (χ4n) is 4.34. The molecule has 3 aromatic rings. The molecule has 1 N–H and O–H groups in total. The van der Waals surface area contributed by atoms with Crippen LogP contribution in [-0.2, 0) is 6.54 Å². The summed E-state index contributed by atoms with van der Waals surface area (Å²) in [5.74, 6) is -0.0227.